The van der Waals surface area contributed by atoms with Crippen molar-refractivity contribution in [2.75, 3.05) is 19.7 Å². The van der Waals surface area contributed by atoms with Crippen LogP contribution in [0.1, 0.15) is 25.5 Å². The van der Waals surface area contributed by atoms with Gasteiger partial charge in [0.05, 0.1) is 28.9 Å². The number of carbonyl (C=O) groups is 1. The van der Waals surface area contributed by atoms with Crippen LogP contribution in [0.2, 0.25) is 5.02 Å². The van der Waals surface area contributed by atoms with Crippen LogP contribution in [0.15, 0.2) is 42.7 Å². The van der Waals surface area contributed by atoms with Gasteiger partial charge in [0, 0.05) is 31.0 Å². The number of aromatic nitrogens is 4. The average Bonchev–Trinajstić information content (AvgIpc) is 3.20. The van der Waals surface area contributed by atoms with Crippen molar-refractivity contribution in [3.05, 3.63) is 59.3 Å². The standard InChI is InChI=1S/C22H23ClFN5O2/c1-2-31-22(30)16-4-3-11-28(13-16)14-20-21(15-7-9-25-10-8-15)29(27-26-20)17-5-6-19(24)18(23)12-17/h5-10,12,16H,2-4,11,13-14H2,1H3. The molecule has 0 saturated carbocycles. The van der Waals surface area contributed by atoms with E-state index in [9.17, 15) is 9.18 Å². The molecule has 162 valence electrons. The molecular formula is C22H23ClFN5O2. The van der Waals surface area contributed by atoms with Crippen LogP contribution in [0.5, 0.6) is 0 Å². The number of nitrogens with zero attached hydrogens (tertiary/aromatic N) is 5. The fourth-order valence-corrected chi connectivity index (χ4v) is 4.05. The van der Waals surface area contributed by atoms with Crippen LogP contribution in [0.3, 0.4) is 0 Å². The van der Waals surface area contributed by atoms with E-state index in [-0.39, 0.29) is 16.9 Å². The van der Waals surface area contributed by atoms with E-state index >= 15 is 0 Å². The molecule has 7 nitrogen and oxygen atoms in total. The van der Waals surface area contributed by atoms with Crippen LogP contribution >= 0.6 is 11.6 Å². The molecule has 0 radical (unpaired) electrons. The minimum absolute atomic E-state index is 0.0172. The molecule has 1 unspecified atom stereocenters. The molecule has 1 aliphatic rings. The summed E-state index contributed by atoms with van der Waals surface area (Å²) < 4.78 is 20.5. The predicted molar refractivity (Wildman–Crippen MR) is 114 cm³/mol. The van der Waals surface area contributed by atoms with Gasteiger partial charge in [0.2, 0.25) is 0 Å². The van der Waals surface area contributed by atoms with Crippen molar-refractivity contribution in [2.24, 2.45) is 5.92 Å². The van der Waals surface area contributed by atoms with E-state index < -0.39 is 5.82 Å². The number of hydrogen-bond acceptors (Lipinski definition) is 6. The van der Waals surface area contributed by atoms with Crippen LogP contribution in [0.4, 0.5) is 4.39 Å². The fourth-order valence-electron chi connectivity index (χ4n) is 3.88. The highest BCUT2D eigenvalue weighted by Gasteiger charge is 2.28. The number of piperidine rings is 1. The first-order valence-corrected chi connectivity index (χ1v) is 10.6. The van der Waals surface area contributed by atoms with E-state index in [0.717, 1.165) is 36.3 Å². The van der Waals surface area contributed by atoms with E-state index in [1.54, 1.807) is 23.1 Å². The highest BCUT2D eigenvalue weighted by atomic mass is 35.5. The maximum absolute atomic E-state index is 13.7. The van der Waals surface area contributed by atoms with Crippen molar-refractivity contribution < 1.29 is 13.9 Å². The van der Waals surface area contributed by atoms with E-state index in [4.69, 9.17) is 16.3 Å². The third kappa shape index (κ3) is 4.75. The summed E-state index contributed by atoms with van der Waals surface area (Å²) in [5.41, 5.74) is 3.04. The lowest BCUT2D eigenvalue weighted by atomic mass is 9.98. The molecule has 0 amide bonds. The summed E-state index contributed by atoms with van der Waals surface area (Å²) in [6.45, 7) is 4.21. The van der Waals surface area contributed by atoms with Gasteiger partial charge in [-0.25, -0.2) is 9.07 Å². The van der Waals surface area contributed by atoms with Crippen LogP contribution < -0.4 is 0 Å². The third-order valence-electron chi connectivity index (χ3n) is 5.34. The van der Waals surface area contributed by atoms with Gasteiger partial charge in [-0.3, -0.25) is 14.7 Å². The Morgan fingerprint density at radius 2 is 2.10 bits per heavy atom. The summed E-state index contributed by atoms with van der Waals surface area (Å²) in [5.74, 6) is -0.773. The molecule has 3 heterocycles. The molecule has 4 rings (SSSR count). The summed E-state index contributed by atoms with van der Waals surface area (Å²) in [5, 5.41) is 8.77. The quantitative estimate of drug-likeness (QED) is 0.538. The number of halogens is 2. The maximum Gasteiger partial charge on any atom is 0.310 e. The van der Waals surface area contributed by atoms with Crippen LogP contribution in [-0.2, 0) is 16.1 Å². The molecule has 0 aliphatic carbocycles. The average molecular weight is 444 g/mol. The molecule has 0 N–H and O–H groups in total. The molecule has 1 aliphatic heterocycles. The van der Waals surface area contributed by atoms with E-state index in [1.165, 1.54) is 12.1 Å². The zero-order valence-corrected chi connectivity index (χ0v) is 17.9. The van der Waals surface area contributed by atoms with Gasteiger partial charge in [-0.05, 0) is 56.6 Å². The van der Waals surface area contributed by atoms with Gasteiger partial charge in [0.15, 0.2) is 0 Å². The smallest absolute Gasteiger partial charge is 0.310 e. The van der Waals surface area contributed by atoms with Crippen LogP contribution in [-0.4, -0.2) is 50.5 Å². The van der Waals surface area contributed by atoms with Gasteiger partial charge in [-0.1, -0.05) is 16.8 Å². The Morgan fingerprint density at radius 3 is 2.84 bits per heavy atom. The SMILES string of the molecule is CCOC(=O)C1CCCN(Cc2nnn(-c3ccc(F)c(Cl)c3)c2-c2ccncc2)C1. The molecular weight excluding hydrogens is 421 g/mol. The van der Waals surface area contributed by atoms with Gasteiger partial charge in [-0.15, -0.1) is 5.10 Å². The Morgan fingerprint density at radius 1 is 1.29 bits per heavy atom. The van der Waals surface area contributed by atoms with Crippen molar-refractivity contribution in [1.82, 2.24) is 24.9 Å². The lowest BCUT2D eigenvalue weighted by Crippen LogP contribution is -2.39. The molecule has 0 spiro atoms. The molecule has 2 aromatic heterocycles. The number of ether oxygens (including phenoxy) is 1. The Labute approximate surface area is 184 Å². The minimum atomic E-state index is -0.491. The Hall–Kier alpha value is -2.84. The topological polar surface area (TPSA) is 73.1 Å². The zero-order valence-electron chi connectivity index (χ0n) is 17.2. The van der Waals surface area contributed by atoms with E-state index in [0.29, 0.717) is 25.4 Å². The first-order chi connectivity index (χ1) is 15.1. The summed E-state index contributed by atoms with van der Waals surface area (Å²) in [4.78, 5) is 18.5. The van der Waals surface area contributed by atoms with E-state index in [2.05, 4.69) is 20.2 Å². The number of pyridine rings is 1. The first kappa shape index (κ1) is 21.4. The molecule has 1 aromatic carbocycles. The van der Waals surface area contributed by atoms with Gasteiger partial charge in [0.25, 0.3) is 0 Å². The maximum atomic E-state index is 13.7. The summed E-state index contributed by atoms with van der Waals surface area (Å²) in [6.07, 6.45) is 5.14. The summed E-state index contributed by atoms with van der Waals surface area (Å²) in [6, 6.07) is 8.20. The lowest BCUT2D eigenvalue weighted by molar-refractivity contribution is -0.150. The lowest BCUT2D eigenvalue weighted by Gasteiger charge is -2.31. The van der Waals surface area contributed by atoms with Crippen molar-refractivity contribution >= 4 is 17.6 Å². The molecule has 1 saturated heterocycles. The Bertz CT molecular complexity index is 1060. The van der Waals surface area contributed by atoms with Crippen LogP contribution in [0, 0.1) is 11.7 Å². The first-order valence-electron chi connectivity index (χ1n) is 10.3. The van der Waals surface area contributed by atoms with Gasteiger partial charge < -0.3 is 4.74 Å². The predicted octanol–water partition coefficient (Wildman–Crippen LogP) is 3.90. The van der Waals surface area contributed by atoms with Crippen molar-refractivity contribution in [1.29, 1.82) is 0 Å². The van der Waals surface area contributed by atoms with E-state index in [1.807, 2.05) is 19.1 Å². The Kier molecular flexibility index (Phi) is 6.58. The van der Waals surface area contributed by atoms with Gasteiger partial charge in [-0.2, -0.15) is 0 Å². The monoisotopic (exact) mass is 443 g/mol. The Balaban J connectivity index is 1.66. The van der Waals surface area contributed by atoms with Crippen molar-refractivity contribution in [3.63, 3.8) is 0 Å². The second-order valence-corrected chi connectivity index (χ2v) is 7.86. The van der Waals surface area contributed by atoms with Gasteiger partial charge in [0.1, 0.15) is 11.5 Å². The zero-order chi connectivity index (χ0) is 21.8. The minimum Gasteiger partial charge on any atom is -0.466 e. The third-order valence-corrected chi connectivity index (χ3v) is 5.63. The number of esters is 1. The summed E-state index contributed by atoms with van der Waals surface area (Å²) >= 11 is 6.00. The number of likely N-dealkylation sites (tertiary alicyclic amines) is 1. The van der Waals surface area contributed by atoms with Gasteiger partial charge >= 0.3 is 5.97 Å². The number of benzene rings is 1. The highest BCUT2D eigenvalue weighted by molar-refractivity contribution is 6.30. The normalized spacial score (nSPS) is 16.9. The fraction of sp³-hybridized carbons (Fsp3) is 0.364. The highest BCUT2D eigenvalue weighted by Crippen LogP contribution is 2.29. The molecule has 1 fully saturated rings. The summed E-state index contributed by atoms with van der Waals surface area (Å²) in [7, 11) is 0. The second kappa shape index (κ2) is 9.53. The van der Waals surface area contributed by atoms with Crippen LogP contribution in [0.25, 0.3) is 16.9 Å². The molecule has 9 heteroatoms. The molecule has 1 atom stereocenters. The molecule has 3 aromatic rings. The number of rotatable bonds is 6. The second-order valence-electron chi connectivity index (χ2n) is 7.46. The number of carbonyl (C=O) groups excluding carboxylic acids is 1. The van der Waals surface area contributed by atoms with Crippen molar-refractivity contribution in [3.8, 4) is 16.9 Å². The molecule has 31 heavy (non-hydrogen) atoms. The largest absolute Gasteiger partial charge is 0.466 e. The van der Waals surface area contributed by atoms with Crippen molar-refractivity contribution in [2.45, 2.75) is 26.3 Å². The number of hydrogen-bond donors (Lipinski definition) is 0. The molecule has 0 bridgehead atoms.